The van der Waals surface area contributed by atoms with Gasteiger partial charge in [-0.2, -0.15) is 0 Å². The van der Waals surface area contributed by atoms with E-state index in [0.29, 0.717) is 26.1 Å². The summed E-state index contributed by atoms with van der Waals surface area (Å²) < 4.78 is 18.2. The van der Waals surface area contributed by atoms with Crippen LogP contribution in [0.4, 0.5) is 4.39 Å². The standard InChI is InChI=1S/C15H21FN2O2/c1-11(12-3-5-13(16)6-4-12)18(2)14(19)15(17)7-9-20-10-8-15/h3-6,11H,7-10,17H2,1-2H3. The SMILES string of the molecule is CC(c1ccc(F)cc1)N(C)C(=O)C1(N)CCOCC1. The molecular weight excluding hydrogens is 259 g/mol. The Morgan fingerprint density at radius 2 is 1.90 bits per heavy atom. The third-order valence-electron chi connectivity index (χ3n) is 4.06. The van der Waals surface area contributed by atoms with Gasteiger partial charge in [-0.05, 0) is 37.5 Å². The summed E-state index contributed by atoms with van der Waals surface area (Å²) >= 11 is 0. The summed E-state index contributed by atoms with van der Waals surface area (Å²) in [5.74, 6) is -0.368. The summed E-state index contributed by atoms with van der Waals surface area (Å²) in [5, 5.41) is 0. The molecule has 1 amide bonds. The predicted octanol–water partition coefficient (Wildman–Crippen LogP) is 1.85. The number of hydrogen-bond acceptors (Lipinski definition) is 3. The number of benzene rings is 1. The van der Waals surface area contributed by atoms with E-state index in [0.717, 1.165) is 5.56 Å². The topological polar surface area (TPSA) is 55.6 Å². The lowest BCUT2D eigenvalue weighted by Gasteiger charge is -2.37. The fourth-order valence-electron chi connectivity index (χ4n) is 2.44. The molecule has 2 rings (SSSR count). The van der Waals surface area contributed by atoms with Crippen molar-refractivity contribution in [2.45, 2.75) is 31.3 Å². The van der Waals surface area contributed by atoms with Gasteiger partial charge in [0, 0.05) is 20.3 Å². The number of carbonyl (C=O) groups is 1. The molecule has 1 unspecified atom stereocenters. The molecule has 1 atom stereocenters. The molecule has 1 aromatic carbocycles. The molecule has 0 aliphatic carbocycles. The maximum absolute atomic E-state index is 12.9. The average Bonchev–Trinajstić information content (AvgIpc) is 2.46. The molecule has 1 heterocycles. The molecule has 5 heteroatoms. The van der Waals surface area contributed by atoms with E-state index in [4.69, 9.17) is 10.5 Å². The lowest BCUT2D eigenvalue weighted by molar-refractivity contribution is -0.141. The highest BCUT2D eigenvalue weighted by Gasteiger charge is 2.39. The van der Waals surface area contributed by atoms with E-state index in [1.807, 2.05) is 6.92 Å². The molecule has 2 N–H and O–H groups in total. The molecule has 1 aromatic rings. The number of hydrogen-bond donors (Lipinski definition) is 1. The van der Waals surface area contributed by atoms with Crippen LogP contribution in [0, 0.1) is 5.82 Å². The van der Waals surface area contributed by atoms with Crippen molar-refractivity contribution in [3.05, 3.63) is 35.6 Å². The first-order chi connectivity index (χ1) is 9.44. The molecule has 0 radical (unpaired) electrons. The molecule has 1 aliphatic heterocycles. The van der Waals surface area contributed by atoms with E-state index in [1.165, 1.54) is 12.1 Å². The molecule has 4 nitrogen and oxygen atoms in total. The predicted molar refractivity (Wildman–Crippen MR) is 74.6 cm³/mol. The number of rotatable bonds is 3. The van der Waals surface area contributed by atoms with Crippen molar-refractivity contribution in [2.24, 2.45) is 5.73 Å². The van der Waals surface area contributed by atoms with Crippen LogP contribution in [0.25, 0.3) is 0 Å². The normalized spacial score (nSPS) is 19.4. The van der Waals surface area contributed by atoms with Crippen molar-refractivity contribution >= 4 is 5.91 Å². The van der Waals surface area contributed by atoms with Gasteiger partial charge in [-0.1, -0.05) is 12.1 Å². The first-order valence-electron chi connectivity index (χ1n) is 6.83. The second-order valence-electron chi connectivity index (χ2n) is 5.41. The minimum atomic E-state index is -0.846. The van der Waals surface area contributed by atoms with Crippen LogP contribution in [0.1, 0.15) is 31.4 Å². The monoisotopic (exact) mass is 280 g/mol. The highest BCUT2D eigenvalue weighted by molar-refractivity contribution is 5.86. The summed E-state index contributed by atoms with van der Waals surface area (Å²) in [6.07, 6.45) is 1.07. The number of carbonyl (C=O) groups excluding carboxylic acids is 1. The van der Waals surface area contributed by atoms with Crippen LogP contribution in [-0.4, -0.2) is 36.6 Å². The lowest BCUT2D eigenvalue weighted by atomic mass is 9.89. The van der Waals surface area contributed by atoms with Gasteiger partial charge in [0.1, 0.15) is 5.82 Å². The first kappa shape index (κ1) is 14.9. The van der Waals surface area contributed by atoms with Crippen LogP contribution in [0.2, 0.25) is 0 Å². The van der Waals surface area contributed by atoms with Crippen molar-refractivity contribution in [3.8, 4) is 0 Å². The highest BCUT2D eigenvalue weighted by atomic mass is 19.1. The molecule has 0 bridgehead atoms. The number of nitrogens with two attached hydrogens (primary N) is 1. The number of halogens is 1. The van der Waals surface area contributed by atoms with E-state index in [2.05, 4.69) is 0 Å². The second kappa shape index (κ2) is 5.89. The van der Waals surface area contributed by atoms with Crippen molar-refractivity contribution in [3.63, 3.8) is 0 Å². The highest BCUT2D eigenvalue weighted by Crippen LogP contribution is 2.25. The lowest BCUT2D eigenvalue weighted by Crippen LogP contribution is -2.57. The smallest absolute Gasteiger partial charge is 0.243 e. The maximum atomic E-state index is 12.9. The average molecular weight is 280 g/mol. The molecule has 0 aromatic heterocycles. The minimum Gasteiger partial charge on any atom is -0.381 e. The maximum Gasteiger partial charge on any atom is 0.243 e. The van der Waals surface area contributed by atoms with Crippen LogP contribution in [0.5, 0.6) is 0 Å². The first-order valence-corrected chi connectivity index (χ1v) is 6.83. The van der Waals surface area contributed by atoms with Crippen LogP contribution < -0.4 is 5.73 Å². The molecule has 0 saturated carbocycles. The third-order valence-corrected chi connectivity index (χ3v) is 4.06. The van der Waals surface area contributed by atoms with Crippen LogP contribution in [0.15, 0.2) is 24.3 Å². The quantitative estimate of drug-likeness (QED) is 0.919. The Labute approximate surface area is 118 Å². The van der Waals surface area contributed by atoms with Gasteiger partial charge in [-0.3, -0.25) is 4.79 Å². The fraction of sp³-hybridized carbons (Fsp3) is 0.533. The number of ether oxygens (including phenoxy) is 1. The zero-order chi connectivity index (χ0) is 14.8. The molecule has 110 valence electrons. The Balaban J connectivity index is 2.11. The van der Waals surface area contributed by atoms with Crippen molar-refractivity contribution in [2.75, 3.05) is 20.3 Å². The van der Waals surface area contributed by atoms with Crippen molar-refractivity contribution in [1.82, 2.24) is 4.90 Å². The third kappa shape index (κ3) is 2.99. The fourth-order valence-corrected chi connectivity index (χ4v) is 2.44. The summed E-state index contributed by atoms with van der Waals surface area (Å²) in [6.45, 7) is 2.94. The van der Waals surface area contributed by atoms with Gasteiger partial charge in [-0.15, -0.1) is 0 Å². The molecular formula is C15H21FN2O2. The van der Waals surface area contributed by atoms with Crippen molar-refractivity contribution in [1.29, 1.82) is 0 Å². The van der Waals surface area contributed by atoms with E-state index >= 15 is 0 Å². The van der Waals surface area contributed by atoms with E-state index in [-0.39, 0.29) is 17.8 Å². The Kier molecular flexibility index (Phi) is 4.40. The van der Waals surface area contributed by atoms with Gasteiger partial charge in [-0.25, -0.2) is 4.39 Å². The molecule has 1 saturated heterocycles. The van der Waals surface area contributed by atoms with Crippen molar-refractivity contribution < 1.29 is 13.9 Å². The van der Waals surface area contributed by atoms with E-state index in [9.17, 15) is 9.18 Å². The zero-order valence-electron chi connectivity index (χ0n) is 11.9. The van der Waals surface area contributed by atoms with Crippen LogP contribution >= 0.6 is 0 Å². The Morgan fingerprint density at radius 1 is 1.35 bits per heavy atom. The largest absolute Gasteiger partial charge is 0.381 e. The number of likely N-dealkylation sites (N-methyl/N-ethyl adjacent to an activating group) is 1. The zero-order valence-corrected chi connectivity index (χ0v) is 11.9. The van der Waals surface area contributed by atoms with Gasteiger partial charge in [0.15, 0.2) is 0 Å². The van der Waals surface area contributed by atoms with E-state index in [1.54, 1.807) is 24.1 Å². The number of nitrogens with zero attached hydrogens (tertiary/aromatic N) is 1. The van der Waals surface area contributed by atoms with Crippen LogP contribution in [0.3, 0.4) is 0 Å². The van der Waals surface area contributed by atoms with Gasteiger partial charge < -0.3 is 15.4 Å². The summed E-state index contributed by atoms with van der Waals surface area (Å²) in [6, 6.07) is 6.04. The molecule has 1 aliphatic rings. The Hall–Kier alpha value is -1.46. The summed E-state index contributed by atoms with van der Waals surface area (Å²) in [5.41, 5.74) is 6.25. The minimum absolute atomic E-state index is 0.0855. The Morgan fingerprint density at radius 3 is 2.45 bits per heavy atom. The van der Waals surface area contributed by atoms with E-state index < -0.39 is 5.54 Å². The van der Waals surface area contributed by atoms with Gasteiger partial charge >= 0.3 is 0 Å². The van der Waals surface area contributed by atoms with Gasteiger partial charge in [0.2, 0.25) is 5.91 Å². The second-order valence-corrected chi connectivity index (χ2v) is 5.41. The van der Waals surface area contributed by atoms with Crippen LogP contribution in [-0.2, 0) is 9.53 Å². The summed E-state index contributed by atoms with van der Waals surface area (Å²) in [4.78, 5) is 14.2. The molecule has 20 heavy (non-hydrogen) atoms. The molecule has 1 fully saturated rings. The molecule has 0 spiro atoms. The summed E-state index contributed by atoms with van der Waals surface area (Å²) in [7, 11) is 1.74. The van der Waals surface area contributed by atoms with Gasteiger partial charge in [0.25, 0.3) is 0 Å². The van der Waals surface area contributed by atoms with Gasteiger partial charge in [0.05, 0.1) is 11.6 Å². The Bertz CT molecular complexity index is 469. The number of amides is 1.